The zero-order valence-corrected chi connectivity index (χ0v) is 12.4. The van der Waals surface area contributed by atoms with Gasteiger partial charge in [-0.1, -0.05) is 54.1 Å². The van der Waals surface area contributed by atoms with Crippen LogP contribution in [-0.2, 0) is 0 Å². The fourth-order valence-electron chi connectivity index (χ4n) is 2.73. The van der Waals surface area contributed by atoms with Crippen LogP contribution in [0.3, 0.4) is 0 Å². The van der Waals surface area contributed by atoms with Gasteiger partial charge in [-0.25, -0.2) is 4.98 Å². The summed E-state index contributed by atoms with van der Waals surface area (Å²) in [5.74, 6) is 0. The van der Waals surface area contributed by atoms with Gasteiger partial charge in [-0.15, -0.1) is 0 Å². The first-order valence-electron chi connectivity index (χ1n) is 7.41. The minimum atomic E-state index is 1.02. The highest BCUT2D eigenvalue weighted by Crippen LogP contribution is 2.23. The number of hydrogen-bond acceptors (Lipinski definition) is 1. The van der Waals surface area contributed by atoms with Gasteiger partial charge in [-0.05, 0) is 42.3 Å². The van der Waals surface area contributed by atoms with E-state index >= 15 is 0 Å². The third-order valence-corrected chi connectivity index (χ3v) is 3.98. The Balaban J connectivity index is 1.74. The van der Waals surface area contributed by atoms with Crippen molar-refractivity contribution in [2.24, 2.45) is 0 Å². The normalized spacial score (nSPS) is 11.0. The van der Waals surface area contributed by atoms with Gasteiger partial charge in [-0.3, -0.25) is 4.57 Å². The SMILES string of the molecule is Cc1ccc(-c2ccc(-n3cnc4ccccc43)cc2)cc1. The molecule has 0 aliphatic rings. The number of nitrogens with zero attached hydrogens (tertiary/aromatic N) is 2. The van der Waals surface area contributed by atoms with E-state index in [1.54, 1.807) is 0 Å². The van der Waals surface area contributed by atoms with Crippen molar-refractivity contribution < 1.29 is 0 Å². The number of benzene rings is 3. The molecular weight excluding hydrogens is 268 g/mol. The van der Waals surface area contributed by atoms with E-state index in [4.69, 9.17) is 0 Å². The van der Waals surface area contributed by atoms with Crippen LogP contribution in [0.5, 0.6) is 0 Å². The van der Waals surface area contributed by atoms with Gasteiger partial charge in [0.1, 0.15) is 6.33 Å². The van der Waals surface area contributed by atoms with Gasteiger partial charge in [0.05, 0.1) is 11.0 Å². The van der Waals surface area contributed by atoms with E-state index in [2.05, 4.69) is 71.1 Å². The Morgan fingerprint density at radius 3 is 2.09 bits per heavy atom. The van der Waals surface area contributed by atoms with Crippen LogP contribution in [0.2, 0.25) is 0 Å². The van der Waals surface area contributed by atoms with Crippen molar-refractivity contribution in [2.45, 2.75) is 6.92 Å². The Kier molecular flexibility index (Phi) is 3.01. The highest BCUT2D eigenvalue weighted by molar-refractivity contribution is 5.77. The Morgan fingerprint density at radius 2 is 1.36 bits per heavy atom. The van der Waals surface area contributed by atoms with E-state index in [0.29, 0.717) is 0 Å². The van der Waals surface area contributed by atoms with Gasteiger partial charge in [-0.2, -0.15) is 0 Å². The molecule has 0 aliphatic heterocycles. The molecule has 0 N–H and O–H groups in total. The first kappa shape index (κ1) is 12.8. The summed E-state index contributed by atoms with van der Waals surface area (Å²) in [5, 5.41) is 0. The molecule has 0 bridgehead atoms. The van der Waals surface area contributed by atoms with Crippen molar-refractivity contribution in [2.75, 3.05) is 0 Å². The second-order valence-electron chi connectivity index (χ2n) is 5.52. The molecule has 0 aliphatic carbocycles. The molecule has 106 valence electrons. The van der Waals surface area contributed by atoms with Crippen molar-refractivity contribution in [1.29, 1.82) is 0 Å². The molecule has 2 heteroatoms. The van der Waals surface area contributed by atoms with Gasteiger partial charge < -0.3 is 0 Å². The summed E-state index contributed by atoms with van der Waals surface area (Å²) >= 11 is 0. The monoisotopic (exact) mass is 284 g/mol. The number of aromatic nitrogens is 2. The number of hydrogen-bond donors (Lipinski definition) is 0. The fourth-order valence-corrected chi connectivity index (χ4v) is 2.73. The van der Waals surface area contributed by atoms with E-state index < -0.39 is 0 Å². The van der Waals surface area contributed by atoms with Gasteiger partial charge >= 0.3 is 0 Å². The second kappa shape index (κ2) is 5.15. The molecular formula is C20H16N2. The molecule has 0 saturated heterocycles. The Labute approximate surface area is 129 Å². The van der Waals surface area contributed by atoms with Crippen molar-refractivity contribution in [3.8, 4) is 16.8 Å². The maximum absolute atomic E-state index is 4.45. The molecule has 4 rings (SSSR count). The lowest BCUT2D eigenvalue weighted by Gasteiger charge is -2.07. The fraction of sp³-hybridized carbons (Fsp3) is 0.0500. The third kappa shape index (κ3) is 2.19. The van der Waals surface area contributed by atoms with E-state index in [-0.39, 0.29) is 0 Å². The smallest absolute Gasteiger partial charge is 0.100 e. The molecule has 0 unspecified atom stereocenters. The summed E-state index contributed by atoms with van der Waals surface area (Å²) in [6.07, 6.45) is 1.88. The molecule has 0 fully saturated rings. The quantitative estimate of drug-likeness (QED) is 0.506. The summed E-state index contributed by atoms with van der Waals surface area (Å²) in [6, 6.07) is 25.4. The molecule has 0 saturated carbocycles. The molecule has 0 radical (unpaired) electrons. The number of para-hydroxylation sites is 2. The van der Waals surface area contributed by atoms with Crippen LogP contribution < -0.4 is 0 Å². The molecule has 2 nitrogen and oxygen atoms in total. The number of imidazole rings is 1. The predicted molar refractivity (Wildman–Crippen MR) is 91.2 cm³/mol. The van der Waals surface area contributed by atoms with E-state index in [0.717, 1.165) is 16.7 Å². The lowest BCUT2D eigenvalue weighted by molar-refractivity contribution is 1.09. The first-order chi connectivity index (χ1) is 10.8. The summed E-state index contributed by atoms with van der Waals surface area (Å²) in [6.45, 7) is 2.11. The van der Waals surface area contributed by atoms with Crippen LogP contribution >= 0.6 is 0 Å². The zero-order chi connectivity index (χ0) is 14.9. The van der Waals surface area contributed by atoms with Gasteiger partial charge in [0, 0.05) is 5.69 Å². The lowest BCUT2D eigenvalue weighted by Crippen LogP contribution is -1.91. The Hall–Kier alpha value is -2.87. The molecule has 4 aromatic rings. The summed E-state index contributed by atoms with van der Waals surface area (Å²) < 4.78 is 2.12. The zero-order valence-electron chi connectivity index (χ0n) is 12.4. The van der Waals surface area contributed by atoms with Crippen molar-refractivity contribution in [3.05, 3.63) is 84.7 Å². The average molecular weight is 284 g/mol. The summed E-state index contributed by atoms with van der Waals surface area (Å²) in [7, 11) is 0. The highest BCUT2D eigenvalue weighted by atomic mass is 15.0. The molecule has 1 heterocycles. The van der Waals surface area contributed by atoms with E-state index in [1.165, 1.54) is 16.7 Å². The maximum atomic E-state index is 4.45. The maximum Gasteiger partial charge on any atom is 0.100 e. The highest BCUT2D eigenvalue weighted by Gasteiger charge is 2.04. The van der Waals surface area contributed by atoms with Crippen molar-refractivity contribution in [1.82, 2.24) is 9.55 Å². The molecule has 1 aromatic heterocycles. The van der Waals surface area contributed by atoms with E-state index in [1.807, 2.05) is 24.5 Å². The number of aryl methyl sites for hydroxylation is 1. The van der Waals surface area contributed by atoms with E-state index in [9.17, 15) is 0 Å². The Bertz CT molecular complexity index is 916. The van der Waals surface area contributed by atoms with Gasteiger partial charge in [0.15, 0.2) is 0 Å². The van der Waals surface area contributed by atoms with Crippen LogP contribution in [0.4, 0.5) is 0 Å². The average Bonchev–Trinajstić information content (AvgIpc) is 3.00. The Morgan fingerprint density at radius 1 is 0.727 bits per heavy atom. The van der Waals surface area contributed by atoms with Crippen LogP contribution in [0.25, 0.3) is 27.8 Å². The van der Waals surface area contributed by atoms with Crippen LogP contribution in [0.15, 0.2) is 79.1 Å². The summed E-state index contributed by atoms with van der Waals surface area (Å²) in [4.78, 5) is 4.45. The second-order valence-corrected chi connectivity index (χ2v) is 5.52. The molecule has 22 heavy (non-hydrogen) atoms. The lowest BCUT2D eigenvalue weighted by atomic mass is 10.0. The van der Waals surface area contributed by atoms with Crippen molar-refractivity contribution >= 4 is 11.0 Å². The van der Waals surface area contributed by atoms with Crippen LogP contribution in [0.1, 0.15) is 5.56 Å². The van der Waals surface area contributed by atoms with Gasteiger partial charge in [0.2, 0.25) is 0 Å². The minimum absolute atomic E-state index is 1.02. The number of rotatable bonds is 2. The minimum Gasteiger partial charge on any atom is -0.299 e. The molecule has 3 aromatic carbocycles. The predicted octanol–water partition coefficient (Wildman–Crippen LogP) is 5.00. The molecule has 0 atom stereocenters. The van der Waals surface area contributed by atoms with Crippen LogP contribution in [0, 0.1) is 6.92 Å². The molecule has 0 spiro atoms. The third-order valence-electron chi connectivity index (χ3n) is 3.98. The molecule has 0 amide bonds. The van der Waals surface area contributed by atoms with Crippen molar-refractivity contribution in [3.63, 3.8) is 0 Å². The topological polar surface area (TPSA) is 17.8 Å². The standard InChI is InChI=1S/C20H16N2/c1-15-6-8-16(9-7-15)17-10-12-18(13-11-17)22-14-21-19-4-2-3-5-20(19)22/h2-14H,1H3. The number of fused-ring (bicyclic) bond motifs is 1. The summed E-state index contributed by atoms with van der Waals surface area (Å²) in [5.41, 5.74) is 7.03. The largest absolute Gasteiger partial charge is 0.299 e. The first-order valence-corrected chi connectivity index (χ1v) is 7.41. The van der Waals surface area contributed by atoms with Gasteiger partial charge in [0.25, 0.3) is 0 Å². The van der Waals surface area contributed by atoms with Crippen LogP contribution in [-0.4, -0.2) is 9.55 Å².